The van der Waals surface area contributed by atoms with Gasteiger partial charge in [-0.3, -0.25) is 9.59 Å². The maximum Gasteiger partial charge on any atom is 0.247 e. The molecular weight excluding hydrogens is 639 g/mol. The minimum atomic E-state index is -1.09. The number of hydrogen-bond acceptors (Lipinski definition) is 7. The van der Waals surface area contributed by atoms with Crippen molar-refractivity contribution >= 4 is 34.4 Å². The van der Waals surface area contributed by atoms with Crippen LogP contribution in [0.25, 0.3) is 0 Å². The molecule has 1 aliphatic rings. The Hall–Kier alpha value is -1.89. The molecule has 0 aromatic heterocycles. The van der Waals surface area contributed by atoms with Gasteiger partial charge in [0.2, 0.25) is 11.8 Å². The fourth-order valence-electron chi connectivity index (χ4n) is 5.10. The molecule has 3 atom stereocenters. The van der Waals surface area contributed by atoms with Gasteiger partial charge >= 0.3 is 0 Å². The topological polar surface area (TPSA) is 129 Å². The number of benzene rings is 1. The number of nitrogens with zero attached hydrogens (tertiary/aromatic N) is 1. The third kappa shape index (κ3) is 11.0. The van der Waals surface area contributed by atoms with Gasteiger partial charge in [-0.15, -0.1) is 0 Å². The van der Waals surface area contributed by atoms with Crippen molar-refractivity contribution in [2.45, 2.75) is 109 Å². The number of unbranched alkanes of at least 4 members (excludes halogenated alkanes) is 7. The van der Waals surface area contributed by atoms with Gasteiger partial charge in [0.05, 0.1) is 29.9 Å². The molecule has 0 unspecified atom stereocenters. The summed E-state index contributed by atoms with van der Waals surface area (Å²) in [5.41, 5.74) is 1.05. The van der Waals surface area contributed by atoms with Gasteiger partial charge in [0.15, 0.2) is 11.5 Å². The normalized spacial score (nSPS) is 18.5. The molecule has 0 fully saturated rings. The zero-order valence-electron chi connectivity index (χ0n) is 24.9. The van der Waals surface area contributed by atoms with Crippen LogP contribution in [0.5, 0.6) is 11.5 Å². The van der Waals surface area contributed by atoms with E-state index < -0.39 is 18.2 Å². The molecule has 0 radical (unpaired) electrons. The molecule has 0 saturated heterocycles. The van der Waals surface area contributed by atoms with Crippen molar-refractivity contribution in [1.82, 2.24) is 10.2 Å². The smallest absolute Gasteiger partial charge is 0.247 e. The van der Waals surface area contributed by atoms with E-state index in [2.05, 4.69) is 41.8 Å². The Balaban J connectivity index is 2.40. The molecule has 10 heteroatoms. The molecule has 0 spiro atoms. The van der Waals surface area contributed by atoms with Gasteiger partial charge in [-0.1, -0.05) is 58.8 Å². The minimum Gasteiger partial charge on any atom is -0.493 e. The molecule has 2 amide bonds. The second-order valence-electron chi connectivity index (χ2n) is 10.6. The zero-order valence-corrected chi connectivity index (χ0v) is 27.0. The molecule has 2 rings (SSSR count). The van der Waals surface area contributed by atoms with Crippen molar-refractivity contribution in [3.8, 4) is 11.5 Å². The van der Waals surface area contributed by atoms with Crippen LogP contribution >= 0.6 is 22.6 Å². The van der Waals surface area contributed by atoms with Crippen LogP contribution in [-0.4, -0.2) is 77.1 Å². The molecule has 41 heavy (non-hydrogen) atoms. The van der Waals surface area contributed by atoms with Crippen LogP contribution in [0.2, 0.25) is 0 Å². The summed E-state index contributed by atoms with van der Waals surface area (Å²) in [5.74, 6) is 0.407. The van der Waals surface area contributed by atoms with Crippen LogP contribution in [0.4, 0.5) is 0 Å². The maximum absolute atomic E-state index is 13.6. The van der Waals surface area contributed by atoms with E-state index in [0.29, 0.717) is 39.2 Å². The first-order chi connectivity index (χ1) is 19.8. The van der Waals surface area contributed by atoms with E-state index in [0.717, 1.165) is 57.8 Å². The molecule has 1 aromatic rings. The fraction of sp³-hybridized carbons (Fsp3) is 0.677. The van der Waals surface area contributed by atoms with Crippen LogP contribution in [0.15, 0.2) is 23.8 Å². The molecule has 1 aromatic carbocycles. The van der Waals surface area contributed by atoms with Crippen LogP contribution in [0.1, 0.15) is 90.0 Å². The number of aliphatic hydroxyl groups excluding tert-OH is 3. The van der Waals surface area contributed by atoms with Gasteiger partial charge in [-0.2, -0.15) is 0 Å². The van der Waals surface area contributed by atoms with E-state index in [1.165, 1.54) is 7.11 Å². The summed E-state index contributed by atoms with van der Waals surface area (Å²) in [6.45, 7) is 4.53. The lowest BCUT2D eigenvalue weighted by molar-refractivity contribution is -0.138. The number of rotatable bonds is 19. The zero-order chi connectivity index (χ0) is 30.2. The summed E-state index contributed by atoms with van der Waals surface area (Å²) < 4.78 is 12.5. The Morgan fingerprint density at radius 1 is 1.05 bits per heavy atom. The predicted molar refractivity (Wildman–Crippen MR) is 168 cm³/mol. The summed E-state index contributed by atoms with van der Waals surface area (Å²) in [6.07, 6.45) is 9.25. The summed E-state index contributed by atoms with van der Waals surface area (Å²) in [5, 5.41) is 33.2. The molecule has 0 bridgehead atoms. The first-order valence-electron chi connectivity index (χ1n) is 15.0. The number of hydrogen-bond donors (Lipinski definition) is 4. The molecule has 0 aliphatic heterocycles. The quantitative estimate of drug-likeness (QED) is 0.125. The molecule has 232 valence electrons. The molecule has 4 N–H and O–H groups in total. The highest BCUT2D eigenvalue weighted by atomic mass is 127. The SMILES string of the molecule is CCCCCCCC(=O)N(CCCCCC)[C@@H]1CC(C(=O)NCCO)=C[C@H](Oc2c(I)cc(CO)cc2OC)[C@H]1O. The maximum atomic E-state index is 13.6. The Morgan fingerprint density at radius 3 is 2.37 bits per heavy atom. The summed E-state index contributed by atoms with van der Waals surface area (Å²) in [4.78, 5) is 28.4. The van der Waals surface area contributed by atoms with E-state index in [9.17, 15) is 24.9 Å². The number of ether oxygens (including phenoxy) is 2. The van der Waals surface area contributed by atoms with E-state index in [-0.39, 0.29) is 38.0 Å². The predicted octanol–water partition coefficient (Wildman–Crippen LogP) is 4.48. The van der Waals surface area contributed by atoms with Crippen LogP contribution in [-0.2, 0) is 16.2 Å². The first-order valence-corrected chi connectivity index (χ1v) is 16.1. The van der Waals surface area contributed by atoms with Crippen LogP contribution in [0.3, 0.4) is 0 Å². The van der Waals surface area contributed by atoms with E-state index in [4.69, 9.17) is 9.47 Å². The fourth-order valence-corrected chi connectivity index (χ4v) is 5.90. The summed E-state index contributed by atoms with van der Waals surface area (Å²) >= 11 is 2.09. The minimum absolute atomic E-state index is 0.0164. The highest BCUT2D eigenvalue weighted by molar-refractivity contribution is 14.1. The first kappa shape index (κ1) is 35.3. The number of carbonyl (C=O) groups excluding carboxylic acids is 2. The number of methoxy groups -OCH3 is 1. The lowest BCUT2D eigenvalue weighted by atomic mass is 9.87. The summed E-state index contributed by atoms with van der Waals surface area (Å²) in [6, 6.07) is 2.79. The van der Waals surface area contributed by atoms with Crippen LogP contribution < -0.4 is 14.8 Å². The van der Waals surface area contributed by atoms with Crippen molar-refractivity contribution in [3.63, 3.8) is 0 Å². The second kappa shape index (κ2) is 19.3. The standard InChI is InChI=1S/C31H49IN2O7/c1-4-6-8-10-11-13-28(37)34(15-12-9-7-5-2)25-19-23(31(39)33-14-16-35)20-26(29(25)38)41-30-24(32)17-22(21-36)18-27(30)40-3/h17-18,20,25-26,29,35-36,38H,4-16,19,21H2,1-3H3,(H,33,39)/t25-,26+,29+/m1/s1. The number of nitrogens with one attached hydrogen (secondary N) is 1. The number of halogens is 1. The summed E-state index contributed by atoms with van der Waals surface area (Å²) in [7, 11) is 1.50. The average Bonchev–Trinajstić information content (AvgIpc) is 2.97. The highest BCUT2D eigenvalue weighted by Crippen LogP contribution is 2.37. The lowest BCUT2D eigenvalue weighted by Crippen LogP contribution is -2.55. The molecular formula is C31H49IN2O7. The third-order valence-electron chi connectivity index (χ3n) is 7.41. The number of carbonyl (C=O) groups is 2. The number of amides is 2. The van der Waals surface area contributed by atoms with Crippen molar-refractivity contribution in [2.75, 3.05) is 26.8 Å². The van der Waals surface area contributed by atoms with Gasteiger partial charge in [-0.05, 0) is 59.2 Å². The van der Waals surface area contributed by atoms with Crippen LogP contribution in [0, 0.1) is 3.57 Å². The monoisotopic (exact) mass is 688 g/mol. The molecule has 0 saturated carbocycles. The van der Waals surface area contributed by atoms with Gasteiger partial charge in [-0.25, -0.2) is 0 Å². The van der Waals surface area contributed by atoms with E-state index >= 15 is 0 Å². The van der Waals surface area contributed by atoms with Crippen molar-refractivity contribution in [1.29, 1.82) is 0 Å². The van der Waals surface area contributed by atoms with E-state index in [1.54, 1.807) is 23.1 Å². The molecule has 0 heterocycles. The van der Waals surface area contributed by atoms with Crippen molar-refractivity contribution < 1.29 is 34.4 Å². The highest BCUT2D eigenvalue weighted by Gasteiger charge is 2.40. The van der Waals surface area contributed by atoms with Crippen molar-refractivity contribution in [2.24, 2.45) is 0 Å². The Labute approximate surface area is 258 Å². The third-order valence-corrected chi connectivity index (χ3v) is 8.21. The average molecular weight is 689 g/mol. The second-order valence-corrected chi connectivity index (χ2v) is 11.8. The van der Waals surface area contributed by atoms with Gasteiger partial charge < -0.3 is 35.0 Å². The molecule has 9 nitrogen and oxygen atoms in total. The Bertz CT molecular complexity index is 987. The van der Waals surface area contributed by atoms with Gasteiger partial charge in [0, 0.05) is 31.5 Å². The molecule has 1 aliphatic carbocycles. The van der Waals surface area contributed by atoms with E-state index in [1.807, 2.05) is 0 Å². The largest absolute Gasteiger partial charge is 0.493 e. The van der Waals surface area contributed by atoms with Gasteiger partial charge in [0.1, 0.15) is 12.2 Å². The van der Waals surface area contributed by atoms with Crippen molar-refractivity contribution in [3.05, 3.63) is 32.9 Å². The lowest BCUT2D eigenvalue weighted by Gasteiger charge is -2.41. The van der Waals surface area contributed by atoms with Gasteiger partial charge in [0.25, 0.3) is 0 Å². The number of aliphatic hydroxyl groups is 3. The Kier molecular flexibility index (Phi) is 16.6. The Morgan fingerprint density at radius 2 is 1.73 bits per heavy atom.